The number of fused-ring (bicyclic) bond motifs is 1. The molecule has 4 N–H and O–H groups in total. The zero-order chi connectivity index (χ0) is 11.4. The second-order valence-electron chi connectivity index (χ2n) is 3.65. The molecule has 0 spiro atoms. The van der Waals surface area contributed by atoms with Crippen molar-refractivity contribution >= 4 is 23.0 Å². The van der Waals surface area contributed by atoms with Crippen molar-refractivity contribution in [1.29, 1.82) is 0 Å². The van der Waals surface area contributed by atoms with Crippen LogP contribution in [0.4, 0.5) is 0 Å². The van der Waals surface area contributed by atoms with Gasteiger partial charge in [-0.25, -0.2) is 5.84 Å². The number of aryl methyl sites for hydroxylation is 1. The van der Waals surface area contributed by atoms with E-state index in [1.807, 2.05) is 6.07 Å². The topological polar surface area (TPSA) is 62.4 Å². The number of rotatable bonds is 1. The number of thiocarbonyl (C=S) groups is 1. The van der Waals surface area contributed by atoms with E-state index in [-0.39, 0.29) is 0 Å². The maximum atomic E-state index is 5.16. The predicted octanol–water partition coefficient (Wildman–Crippen LogP) is 1.06. The third-order valence-corrected chi connectivity index (χ3v) is 2.82. The first-order valence-corrected chi connectivity index (χ1v) is 5.63. The fourth-order valence-electron chi connectivity index (χ4n) is 1.87. The molecule has 1 aromatic rings. The lowest BCUT2D eigenvalue weighted by Gasteiger charge is -2.17. The Labute approximate surface area is 99.9 Å². The van der Waals surface area contributed by atoms with Gasteiger partial charge in [-0.2, -0.15) is 5.10 Å². The van der Waals surface area contributed by atoms with Crippen LogP contribution >= 0.6 is 12.2 Å². The molecule has 84 valence electrons. The second-order valence-corrected chi connectivity index (χ2v) is 4.06. The van der Waals surface area contributed by atoms with Gasteiger partial charge in [-0.1, -0.05) is 24.3 Å². The predicted molar refractivity (Wildman–Crippen MR) is 69.0 cm³/mol. The van der Waals surface area contributed by atoms with Crippen molar-refractivity contribution in [3.63, 3.8) is 0 Å². The van der Waals surface area contributed by atoms with Crippen LogP contribution in [0.15, 0.2) is 29.4 Å². The number of nitrogens with one attached hydrogen (secondary N) is 2. The van der Waals surface area contributed by atoms with Crippen molar-refractivity contribution in [3.8, 4) is 0 Å². The van der Waals surface area contributed by atoms with Gasteiger partial charge in [0.2, 0.25) is 5.11 Å². The largest absolute Gasteiger partial charge is 0.300 e. The second kappa shape index (κ2) is 5.05. The first-order chi connectivity index (χ1) is 7.81. The fraction of sp³-hybridized carbons (Fsp3) is 0.273. The van der Waals surface area contributed by atoms with Crippen molar-refractivity contribution in [2.75, 3.05) is 0 Å². The van der Waals surface area contributed by atoms with Gasteiger partial charge in [0.15, 0.2) is 0 Å². The van der Waals surface area contributed by atoms with Crippen LogP contribution in [-0.2, 0) is 6.42 Å². The summed E-state index contributed by atoms with van der Waals surface area (Å²) in [5, 5.41) is 4.61. The molecule has 0 aliphatic heterocycles. The molecule has 1 aliphatic carbocycles. The third-order valence-electron chi connectivity index (χ3n) is 2.61. The first kappa shape index (κ1) is 11.0. The number of nitrogens with zero attached hydrogens (tertiary/aromatic N) is 1. The number of hydrazine groups is 1. The number of nitrogens with two attached hydrogens (primary N) is 1. The molecule has 0 saturated carbocycles. The summed E-state index contributed by atoms with van der Waals surface area (Å²) < 4.78 is 0. The van der Waals surface area contributed by atoms with Gasteiger partial charge >= 0.3 is 0 Å². The maximum absolute atomic E-state index is 5.16. The summed E-state index contributed by atoms with van der Waals surface area (Å²) in [6, 6.07) is 8.32. The van der Waals surface area contributed by atoms with Crippen LogP contribution in [-0.4, -0.2) is 10.8 Å². The zero-order valence-electron chi connectivity index (χ0n) is 8.86. The summed E-state index contributed by atoms with van der Waals surface area (Å²) in [7, 11) is 0. The number of hydrazone groups is 1. The molecule has 5 heteroatoms. The van der Waals surface area contributed by atoms with E-state index >= 15 is 0 Å². The number of hydrogen-bond donors (Lipinski definition) is 3. The van der Waals surface area contributed by atoms with E-state index < -0.39 is 0 Å². The normalized spacial score (nSPS) is 16.7. The molecule has 4 nitrogen and oxygen atoms in total. The van der Waals surface area contributed by atoms with Crippen molar-refractivity contribution in [3.05, 3.63) is 35.4 Å². The van der Waals surface area contributed by atoms with Crippen LogP contribution in [0.5, 0.6) is 0 Å². The van der Waals surface area contributed by atoms with E-state index in [0.717, 1.165) is 25.0 Å². The van der Waals surface area contributed by atoms with Crippen LogP contribution in [0.25, 0.3) is 0 Å². The Balaban J connectivity index is 2.21. The van der Waals surface area contributed by atoms with Gasteiger partial charge in [0.25, 0.3) is 0 Å². The molecule has 2 rings (SSSR count). The average Bonchev–Trinajstić information content (AvgIpc) is 2.35. The van der Waals surface area contributed by atoms with Gasteiger partial charge < -0.3 is 0 Å². The van der Waals surface area contributed by atoms with E-state index in [0.29, 0.717) is 5.11 Å². The lowest BCUT2D eigenvalue weighted by Crippen LogP contribution is -2.37. The third kappa shape index (κ3) is 2.37. The molecule has 0 heterocycles. The highest BCUT2D eigenvalue weighted by atomic mass is 32.1. The van der Waals surface area contributed by atoms with Crippen LogP contribution in [0.3, 0.4) is 0 Å². The van der Waals surface area contributed by atoms with Gasteiger partial charge in [-0.3, -0.25) is 10.9 Å². The van der Waals surface area contributed by atoms with E-state index in [2.05, 4.69) is 34.2 Å². The molecule has 16 heavy (non-hydrogen) atoms. The summed E-state index contributed by atoms with van der Waals surface area (Å²) in [6.07, 6.45) is 3.21. The van der Waals surface area contributed by atoms with Gasteiger partial charge in [-0.15, -0.1) is 0 Å². The summed E-state index contributed by atoms with van der Waals surface area (Å²) in [5.74, 6) is 5.16. The summed E-state index contributed by atoms with van der Waals surface area (Å²) >= 11 is 4.87. The van der Waals surface area contributed by atoms with E-state index in [1.165, 1.54) is 11.1 Å². The van der Waals surface area contributed by atoms with Gasteiger partial charge in [0.1, 0.15) is 0 Å². The SMILES string of the molecule is NNC(=S)N/N=C1\CCCc2ccccc21. The van der Waals surface area contributed by atoms with Gasteiger partial charge in [0, 0.05) is 5.56 Å². The molecule has 0 unspecified atom stereocenters. The van der Waals surface area contributed by atoms with E-state index in [9.17, 15) is 0 Å². The van der Waals surface area contributed by atoms with E-state index in [4.69, 9.17) is 18.1 Å². The van der Waals surface area contributed by atoms with Crippen molar-refractivity contribution in [2.45, 2.75) is 19.3 Å². The minimum atomic E-state index is 0.329. The van der Waals surface area contributed by atoms with Gasteiger partial charge in [-0.05, 0) is 37.0 Å². The highest BCUT2D eigenvalue weighted by Gasteiger charge is 2.14. The molecule has 0 radical (unpaired) electrons. The molecule has 0 aromatic heterocycles. The molecule has 0 saturated heterocycles. The quantitative estimate of drug-likeness (QED) is 0.386. The van der Waals surface area contributed by atoms with Crippen molar-refractivity contribution in [1.82, 2.24) is 10.9 Å². The maximum Gasteiger partial charge on any atom is 0.201 e. The lowest BCUT2D eigenvalue weighted by atomic mass is 9.90. The standard InChI is InChI=1S/C11H14N4S/c12-13-11(16)15-14-10-7-3-5-8-4-1-2-6-9(8)10/h1-2,4,6H,3,5,7,12H2,(H2,13,15,16)/b14-10+. The minimum absolute atomic E-state index is 0.329. The van der Waals surface area contributed by atoms with Crippen LogP contribution in [0, 0.1) is 0 Å². The zero-order valence-corrected chi connectivity index (χ0v) is 9.68. The minimum Gasteiger partial charge on any atom is -0.300 e. The molecule has 1 aliphatic rings. The van der Waals surface area contributed by atoms with E-state index in [1.54, 1.807) is 0 Å². The molecule has 1 aromatic carbocycles. The molecule has 0 amide bonds. The molecule has 0 bridgehead atoms. The average molecular weight is 234 g/mol. The highest BCUT2D eigenvalue weighted by molar-refractivity contribution is 7.80. The Morgan fingerprint density at radius 1 is 1.31 bits per heavy atom. The lowest BCUT2D eigenvalue weighted by molar-refractivity contribution is 0.824. The smallest absolute Gasteiger partial charge is 0.201 e. The highest BCUT2D eigenvalue weighted by Crippen LogP contribution is 2.20. The Morgan fingerprint density at radius 3 is 2.94 bits per heavy atom. The summed E-state index contributed by atoms with van der Waals surface area (Å²) in [4.78, 5) is 0. The first-order valence-electron chi connectivity index (χ1n) is 5.22. The monoisotopic (exact) mass is 234 g/mol. The Morgan fingerprint density at radius 2 is 2.12 bits per heavy atom. The molecule has 0 atom stereocenters. The van der Waals surface area contributed by atoms with Crippen LogP contribution < -0.4 is 16.7 Å². The Kier molecular flexibility index (Phi) is 3.48. The van der Waals surface area contributed by atoms with Crippen molar-refractivity contribution < 1.29 is 0 Å². The number of benzene rings is 1. The Hall–Kier alpha value is -1.46. The van der Waals surface area contributed by atoms with Crippen LogP contribution in [0.2, 0.25) is 0 Å². The molecular formula is C11H14N4S. The Bertz CT molecular complexity index is 428. The summed E-state index contributed by atoms with van der Waals surface area (Å²) in [5.41, 5.74) is 8.67. The molecular weight excluding hydrogens is 220 g/mol. The fourth-order valence-corrected chi connectivity index (χ4v) is 1.91. The van der Waals surface area contributed by atoms with Crippen molar-refractivity contribution in [2.24, 2.45) is 10.9 Å². The summed E-state index contributed by atoms with van der Waals surface area (Å²) in [6.45, 7) is 0. The van der Waals surface area contributed by atoms with Gasteiger partial charge in [0.05, 0.1) is 5.71 Å². The van der Waals surface area contributed by atoms with Crippen LogP contribution in [0.1, 0.15) is 24.0 Å². The number of hydrogen-bond acceptors (Lipinski definition) is 3. The molecule has 0 fully saturated rings.